The fraction of sp³-hybridized carbons (Fsp3) is 0.158. The fourth-order valence-corrected chi connectivity index (χ4v) is 3.43. The van der Waals surface area contributed by atoms with Gasteiger partial charge in [-0.15, -0.1) is 11.3 Å². The van der Waals surface area contributed by atoms with Gasteiger partial charge in [-0.2, -0.15) is 0 Å². The maximum atomic E-state index is 13.0. The predicted octanol–water partition coefficient (Wildman–Crippen LogP) is 4.98. The average molecular weight is 406 g/mol. The third-order valence-corrected chi connectivity index (χ3v) is 4.89. The van der Waals surface area contributed by atoms with E-state index in [1.165, 1.54) is 30.6 Å². The van der Waals surface area contributed by atoms with E-state index in [1.54, 1.807) is 30.3 Å². The zero-order valence-electron chi connectivity index (χ0n) is 14.5. The minimum absolute atomic E-state index is 0.276. The lowest BCUT2D eigenvalue weighted by atomic mass is 10.2. The van der Waals surface area contributed by atoms with Crippen molar-refractivity contribution in [1.82, 2.24) is 10.3 Å². The van der Waals surface area contributed by atoms with Gasteiger partial charge >= 0.3 is 6.03 Å². The predicted molar refractivity (Wildman–Crippen MR) is 106 cm³/mol. The molecule has 0 fully saturated rings. The number of hydrogen-bond acceptors (Lipinski definition) is 4. The van der Waals surface area contributed by atoms with Gasteiger partial charge in [-0.25, -0.2) is 14.2 Å². The number of aromatic nitrogens is 1. The van der Waals surface area contributed by atoms with Crippen LogP contribution >= 0.6 is 22.9 Å². The number of urea groups is 1. The number of hydrogen-bond donors (Lipinski definition) is 2. The van der Waals surface area contributed by atoms with E-state index in [2.05, 4.69) is 15.6 Å². The Bertz CT molecular complexity index is 931. The zero-order chi connectivity index (χ0) is 19.2. The summed E-state index contributed by atoms with van der Waals surface area (Å²) in [6.07, 6.45) is 0.581. The SMILES string of the molecule is COc1ccc(Cl)cc1NC(=O)NCCc1csc(-c2ccc(F)cc2)n1. The molecule has 5 nitrogen and oxygen atoms in total. The van der Waals surface area contributed by atoms with Gasteiger partial charge in [0.25, 0.3) is 0 Å². The smallest absolute Gasteiger partial charge is 0.319 e. The summed E-state index contributed by atoms with van der Waals surface area (Å²) in [6, 6.07) is 10.8. The molecule has 140 valence electrons. The van der Waals surface area contributed by atoms with Crippen molar-refractivity contribution in [2.75, 3.05) is 19.0 Å². The number of halogens is 2. The summed E-state index contributed by atoms with van der Waals surface area (Å²) in [6.45, 7) is 0.418. The molecule has 0 saturated carbocycles. The van der Waals surface area contributed by atoms with Gasteiger partial charge in [-0.05, 0) is 42.5 Å². The minimum Gasteiger partial charge on any atom is -0.495 e. The lowest BCUT2D eigenvalue weighted by molar-refractivity contribution is 0.252. The number of rotatable bonds is 6. The molecule has 3 aromatic rings. The van der Waals surface area contributed by atoms with E-state index in [4.69, 9.17) is 16.3 Å². The van der Waals surface area contributed by atoms with E-state index < -0.39 is 0 Å². The molecule has 1 heterocycles. The van der Waals surface area contributed by atoms with E-state index >= 15 is 0 Å². The van der Waals surface area contributed by atoms with E-state index in [-0.39, 0.29) is 11.8 Å². The first kappa shape index (κ1) is 19.1. The van der Waals surface area contributed by atoms with Crippen molar-refractivity contribution in [3.05, 3.63) is 64.4 Å². The van der Waals surface area contributed by atoms with E-state index in [9.17, 15) is 9.18 Å². The second-order valence-electron chi connectivity index (χ2n) is 5.63. The molecule has 0 bridgehead atoms. The first-order chi connectivity index (χ1) is 13.0. The molecule has 27 heavy (non-hydrogen) atoms. The fourth-order valence-electron chi connectivity index (χ4n) is 2.40. The van der Waals surface area contributed by atoms with Crippen molar-refractivity contribution in [2.45, 2.75) is 6.42 Å². The number of methoxy groups -OCH3 is 1. The van der Waals surface area contributed by atoms with Crippen LogP contribution in [-0.2, 0) is 6.42 Å². The Balaban J connectivity index is 1.52. The summed E-state index contributed by atoms with van der Waals surface area (Å²) < 4.78 is 18.2. The molecule has 0 aliphatic heterocycles. The highest BCUT2D eigenvalue weighted by Gasteiger charge is 2.09. The molecule has 0 radical (unpaired) electrons. The summed E-state index contributed by atoms with van der Waals surface area (Å²) in [7, 11) is 1.52. The van der Waals surface area contributed by atoms with Crippen molar-refractivity contribution in [3.8, 4) is 16.3 Å². The Kier molecular flexibility index (Phi) is 6.26. The number of nitrogens with zero attached hydrogens (tertiary/aromatic N) is 1. The Hall–Kier alpha value is -2.64. The summed E-state index contributed by atoms with van der Waals surface area (Å²) in [5.74, 6) is 0.250. The van der Waals surface area contributed by atoms with E-state index in [0.29, 0.717) is 29.4 Å². The quantitative estimate of drug-likeness (QED) is 0.608. The highest BCUT2D eigenvalue weighted by Crippen LogP contribution is 2.27. The van der Waals surface area contributed by atoms with E-state index in [0.717, 1.165) is 16.3 Å². The van der Waals surface area contributed by atoms with Crippen molar-refractivity contribution >= 4 is 34.7 Å². The standard InChI is InChI=1S/C19H17ClFN3O2S/c1-26-17-7-4-13(20)10-16(17)24-19(25)22-9-8-15-11-27-18(23-15)12-2-5-14(21)6-3-12/h2-7,10-11H,8-9H2,1H3,(H2,22,24,25). The normalized spacial score (nSPS) is 10.5. The van der Waals surface area contributed by atoms with Crippen LogP contribution in [0.3, 0.4) is 0 Å². The molecule has 0 spiro atoms. The Labute approximate surface area is 165 Å². The maximum absolute atomic E-state index is 13.0. The van der Waals surface area contributed by atoms with Gasteiger partial charge in [-0.1, -0.05) is 11.6 Å². The number of anilines is 1. The van der Waals surface area contributed by atoms with Crippen LogP contribution in [-0.4, -0.2) is 24.7 Å². The molecule has 0 aliphatic rings. The lowest BCUT2D eigenvalue weighted by Gasteiger charge is -2.11. The van der Waals surface area contributed by atoms with Crippen LogP contribution in [0.1, 0.15) is 5.69 Å². The minimum atomic E-state index is -0.357. The van der Waals surface area contributed by atoms with Crippen LogP contribution in [0.5, 0.6) is 5.75 Å². The van der Waals surface area contributed by atoms with Gasteiger partial charge in [-0.3, -0.25) is 0 Å². The second kappa shape index (κ2) is 8.83. The highest BCUT2D eigenvalue weighted by molar-refractivity contribution is 7.13. The molecule has 2 N–H and O–H groups in total. The highest BCUT2D eigenvalue weighted by atomic mass is 35.5. The molecular formula is C19H17ClFN3O2S. The topological polar surface area (TPSA) is 63.2 Å². The van der Waals surface area contributed by atoms with Crippen molar-refractivity contribution in [2.24, 2.45) is 0 Å². The summed E-state index contributed by atoms with van der Waals surface area (Å²) >= 11 is 7.43. The van der Waals surface area contributed by atoms with Gasteiger partial charge in [0.05, 0.1) is 18.5 Å². The van der Waals surface area contributed by atoms with Crippen LogP contribution < -0.4 is 15.4 Å². The van der Waals surface area contributed by atoms with Crippen LogP contribution in [0.2, 0.25) is 5.02 Å². The maximum Gasteiger partial charge on any atom is 0.319 e. The Morgan fingerprint density at radius 3 is 2.78 bits per heavy atom. The number of carbonyl (C=O) groups is 1. The lowest BCUT2D eigenvalue weighted by Crippen LogP contribution is -2.30. The van der Waals surface area contributed by atoms with Crippen molar-refractivity contribution in [1.29, 1.82) is 0 Å². The van der Waals surface area contributed by atoms with Gasteiger partial charge < -0.3 is 15.4 Å². The molecule has 2 amide bonds. The second-order valence-corrected chi connectivity index (χ2v) is 6.92. The molecule has 2 aromatic carbocycles. The van der Waals surface area contributed by atoms with E-state index in [1.807, 2.05) is 5.38 Å². The number of carbonyl (C=O) groups excluding carboxylic acids is 1. The molecule has 3 rings (SSSR count). The molecule has 0 unspecified atom stereocenters. The van der Waals surface area contributed by atoms with Crippen LogP contribution in [0, 0.1) is 5.82 Å². The first-order valence-electron chi connectivity index (χ1n) is 8.14. The molecule has 1 aromatic heterocycles. The third-order valence-electron chi connectivity index (χ3n) is 3.72. The summed E-state index contributed by atoms with van der Waals surface area (Å²) in [5.41, 5.74) is 2.22. The first-order valence-corrected chi connectivity index (χ1v) is 9.39. The monoisotopic (exact) mass is 405 g/mol. The van der Waals surface area contributed by atoms with Crippen LogP contribution in [0.15, 0.2) is 47.8 Å². The summed E-state index contributed by atoms with van der Waals surface area (Å²) in [4.78, 5) is 16.6. The van der Waals surface area contributed by atoms with Gasteiger partial charge in [0.15, 0.2) is 0 Å². The molecule has 0 saturated heterocycles. The summed E-state index contributed by atoms with van der Waals surface area (Å²) in [5, 5.41) is 8.73. The number of amides is 2. The number of thiazole rings is 1. The number of ether oxygens (including phenoxy) is 1. The molecular weight excluding hydrogens is 389 g/mol. The van der Waals surface area contributed by atoms with Crippen LogP contribution in [0.4, 0.5) is 14.9 Å². The van der Waals surface area contributed by atoms with Gasteiger partial charge in [0, 0.05) is 28.9 Å². The molecule has 0 aliphatic carbocycles. The van der Waals surface area contributed by atoms with Gasteiger partial charge in [0.2, 0.25) is 0 Å². The average Bonchev–Trinajstić information content (AvgIpc) is 3.11. The Morgan fingerprint density at radius 2 is 2.04 bits per heavy atom. The largest absolute Gasteiger partial charge is 0.495 e. The number of benzene rings is 2. The van der Waals surface area contributed by atoms with Gasteiger partial charge in [0.1, 0.15) is 16.6 Å². The van der Waals surface area contributed by atoms with Crippen LogP contribution in [0.25, 0.3) is 10.6 Å². The Morgan fingerprint density at radius 1 is 1.26 bits per heavy atom. The van der Waals surface area contributed by atoms with Crippen molar-refractivity contribution < 1.29 is 13.9 Å². The zero-order valence-corrected chi connectivity index (χ0v) is 16.0. The molecule has 0 atom stereocenters. The third kappa shape index (κ3) is 5.18. The molecule has 8 heteroatoms. The van der Waals surface area contributed by atoms with Crippen molar-refractivity contribution in [3.63, 3.8) is 0 Å². The number of nitrogens with one attached hydrogen (secondary N) is 2.